The van der Waals surface area contributed by atoms with Crippen molar-refractivity contribution in [2.45, 2.75) is 18.9 Å². The first kappa shape index (κ1) is 16.0. The number of thiophene rings is 1. The van der Waals surface area contributed by atoms with E-state index in [9.17, 15) is 4.79 Å². The summed E-state index contributed by atoms with van der Waals surface area (Å²) in [5.41, 5.74) is 1.88. The van der Waals surface area contributed by atoms with Crippen LogP contribution < -0.4 is 4.74 Å². The minimum atomic E-state index is 0.0778. The highest BCUT2D eigenvalue weighted by Crippen LogP contribution is 2.34. The number of benzene rings is 1. The van der Waals surface area contributed by atoms with E-state index in [-0.39, 0.29) is 5.78 Å². The van der Waals surface area contributed by atoms with E-state index < -0.39 is 0 Å². The number of methoxy groups -OCH3 is 1. The molecule has 23 heavy (non-hydrogen) atoms. The zero-order valence-electron chi connectivity index (χ0n) is 13.1. The summed E-state index contributed by atoms with van der Waals surface area (Å²) in [6, 6.07) is 7.18. The number of hydrogen-bond acceptors (Lipinski definition) is 6. The number of ketones is 1. The van der Waals surface area contributed by atoms with Crippen LogP contribution in [0.1, 0.15) is 20.8 Å². The van der Waals surface area contributed by atoms with Crippen molar-refractivity contribution < 1.29 is 9.53 Å². The first-order chi connectivity index (χ1) is 11.1. The van der Waals surface area contributed by atoms with E-state index in [2.05, 4.69) is 23.8 Å². The number of Topliss-reactive ketones (excluding diaryl/α,β-unsaturated/α-hetero) is 1. The second-order valence-electron chi connectivity index (χ2n) is 5.08. The van der Waals surface area contributed by atoms with Crippen molar-refractivity contribution >= 4 is 39.1 Å². The topological polar surface area (TPSA) is 52.1 Å². The molecule has 2 heterocycles. The third kappa shape index (κ3) is 3.23. The van der Waals surface area contributed by atoms with Crippen LogP contribution in [0.15, 0.2) is 35.6 Å². The average molecular weight is 344 g/mol. The Hall–Kier alpha value is -1.92. The van der Waals surface area contributed by atoms with Crippen molar-refractivity contribution in [3.05, 3.63) is 46.6 Å². The Kier molecular flexibility index (Phi) is 4.63. The highest BCUT2D eigenvalue weighted by Gasteiger charge is 2.14. The molecule has 6 heteroatoms. The Morgan fingerprint density at radius 1 is 1.22 bits per heavy atom. The van der Waals surface area contributed by atoms with Crippen molar-refractivity contribution in [2.24, 2.45) is 0 Å². The number of carbonyl (C=O) groups is 1. The Morgan fingerprint density at radius 2 is 1.96 bits per heavy atom. The summed E-state index contributed by atoms with van der Waals surface area (Å²) < 4.78 is 5.11. The summed E-state index contributed by atoms with van der Waals surface area (Å²) in [5, 5.41) is 1.95. The number of rotatable bonds is 5. The maximum absolute atomic E-state index is 12.3. The SMILES string of the molecule is COc1ccc(C(=O)CSc2ncnc3sc(C)c(C)c23)cc1. The Morgan fingerprint density at radius 3 is 2.65 bits per heavy atom. The van der Waals surface area contributed by atoms with Gasteiger partial charge in [0.2, 0.25) is 0 Å². The quantitative estimate of drug-likeness (QED) is 0.392. The number of hydrogen-bond donors (Lipinski definition) is 0. The molecule has 118 valence electrons. The standard InChI is InChI=1S/C17H16N2O2S2/c1-10-11(2)23-17-15(10)16(18-9-19-17)22-8-14(20)12-4-6-13(21-3)7-5-12/h4-7,9H,8H2,1-3H3. The van der Waals surface area contributed by atoms with Crippen molar-refractivity contribution in [2.75, 3.05) is 12.9 Å². The molecule has 0 radical (unpaired) electrons. The van der Waals surface area contributed by atoms with Crippen LogP contribution in [0.25, 0.3) is 10.2 Å². The number of thioether (sulfide) groups is 1. The van der Waals surface area contributed by atoms with Gasteiger partial charge in [-0.15, -0.1) is 11.3 Å². The van der Waals surface area contributed by atoms with Crippen LogP contribution in [0.2, 0.25) is 0 Å². The molecule has 0 atom stereocenters. The molecule has 0 fully saturated rings. The van der Waals surface area contributed by atoms with Crippen LogP contribution >= 0.6 is 23.1 Å². The van der Waals surface area contributed by atoms with Crippen molar-refractivity contribution in [1.29, 1.82) is 0 Å². The molecule has 0 bridgehead atoms. The Labute approximate surface area is 142 Å². The highest BCUT2D eigenvalue weighted by atomic mass is 32.2. The third-order valence-electron chi connectivity index (χ3n) is 3.68. The fourth-order valence-corrected chi connectivity index (χ4v) is 4.27. The highest BCUT2D eigenvalue weighted by molar-refractivity contribution is 8.00. The van der Waals surface area contributed by atoms with Gasteiger partial charge in [0, 0.05) is 15.8 Å². The van der Waals surface area contributed by atoms with E-state index in [4.69, 9.17) is 4.74 Å². The van der Waals surface area contributed by atoms with E-state index in [1.54, 1.807) is 49.0 Å². The molecule has 0 aliphatic heterocycles. The smallest absolute Gasteiger partial charge is 0.173 e. The predicted molar refractivity (Wildman–Crippen MR) is 94.9 cm³/mol. The maximum atomic E-state index is 12.3. The molecule has 0 saturated heterocycles. The van der Waals surface area contributed by atoms with Crippen LogP contribution in [0.5, 0.6) is 5.75 Å². The lowest BCUT2D eigenvalue weighted by Crippen LogP contribution is -2.02. The second kappa shape index (κ2) is 6.68. The van der Waals surface area contributed by atoms with Crippen molar-refractivity contribution in [3.63, 3.8) is 0 Å². The first-order valence-corrected chi connectivity index (χ1v) is 8.91. The zero-order chi connectivity index (χ0) is 16.4. The van der Waals surface area contributed by atoms with Gasteiger partial charge in [-0.05, 0) is 43.7 Å². The lowest BCUT2D eigenvalue weighted by atomic mass is 10.1. The summed E-state index contributed by atoms with van der Waals surface area (Å²) in [6.45, 7) is 4.16. The maximum Gasteiger partial charge on any atom is 0.173 e. The van der Waals surface area contributed by atoms with Gasteiger partial charge >= 0.3 is 0 Å². The summed E-state index contributed by atoms with van der Waals surface area (Å²) in [6.07, 6.45) is 1.57. The average Bonchev–Trinajstić information content (AvgIpc) is 2.88. The molecule has 1 aromatic carbocycles. The van der Waals surface area contributed by atoms with Crippen LogP contribution in [-0.2, 0) is 0 Å². The third-order valence-corrected chi connectivity index (χ3v) is 5.79. The number of ether oxygens (including phenoxy) is 1. The number of nitrogens with zero attached hydrogens (tertiary/aromatic N) is 2. The first-order valence-electron chi connectivity index (χ1n) is 7.11. The fourth-order valence-electron chi connectivity index (χ4n) is 2.25. The molecule has 0 N–H and O–H groups in total. The summed E-state index contributed by atoms with van der Waals surface area (Å²) in [4.78, 5) is 23.2. The van der Waals surface area contributed by atoms with Gasteiger partial charge in [-0.2, -0.15) is 0 Å². The van der Waals surface area contributed by atoms with Crippen LogP contribution in [0, 0.1) is 13.8 Å². The summed E-state index contributed by atoms with van der Waals surface area (Å²) >= 11 is 3.13. The normalized spacial score (nSPS) is 10.9. The Bertz CT molecular complexity index is 857. The van der Waals surface area contributed by atoms with E-state index in [1.165, 1.54) is 22.2 Å². The summed E-state index contributed by atoms with van der Waals surface area (Å²) in [5.74, 6) is 1.18. The van der Waals surface area contributed by atoms with Crippen molar-refractivity contribution in [3.8, 4) is 5.75 Å². The fraction of sp³-hybridized carbons (Fsp3) is 0.235. The number of fused-ring (bicyclic) bond motifs is 1. The molecular weight excluding hydrogens is 328 g/mol. The summed E-state index contributed by atoms with van der Waals surface area (Å²) in [7, 11) is 1.61. The van der Waals surface area contributed by atoms with Gasteiger partial charge in [0.1, 0.15) is 21.9 Å². The molecule has 3 rings (SSSR count). The molecule has 0 amide bonds. The molecule has 0 unspecified atom stereocenters. The predicted octanol–water partition coefficient (Wildman–Crippen LogP) is 4.29. The van der Waals surface area contributed by atoms with Crippen LogP contribution in [0.3, 0.4) is 0 Å². The van der Waals surface area contributed by atoms with Crippen molar-refractivity contribution in [1.82, 2.24) is 9.97 Å². The van der Waals surface area contributed by atoms with Gasteiger partial charge in [-0.3, -0.25) is 4.79 Å². The van der Waals surface area contributed by atoms with Crippen LogP contribution in [0.4, 0.5) is 0 Å². The van der Waals surface area contributed by atoms with Gasteiger partial charge in [-0.25, -0.2) is 9.97 Å². The van der Waals surface area contributed by atoms with Gasteiger partial charge in [0.05, 0.1) is 12.9 Å². The van der Waals surface area contributed by atoms with E-state index in [0.29, 0.717) is 11.3 Å². The van der Waals surface area contributed by atoms with E-state index >= 15 is 0 Å². The number of aryl methyl sites for hydroxylation is 2. The lowest BCUT2D eigenvalue weighted by Gasteiger charge is -2.04. The Balaban J connectivity index is 1.79. The molecule has 0 aliphatic carbocycles. The largest absolute Gasteiger partial charge is 0.497 e. The molecule has 4 nitrogen and oxygen atoms in total. The lowest BCUT2D eigenvalue weighted by molar-refractivity contribution is 0.102. The molecule has 0 saturated carbocycles. The zero-order valence-corrected chi connectivity index (χ0v) is 14.8. The molecule has 0 spiro atoms. The minimum absolute atomic E-state index is 0.0778. The van der Waals surface area contributed by atoms with Gasteiger partial charge in [0.25, 0.3) is 0 Å². The number of carbonyl (C=O) groups excluding carboxylic acids is 1. The monoisotopic (exact) mass is 344 g/mol. The van der Waals surface area contributed by atoms with Gasteiger partial charge in [0.15, 0.2) is 5.78 Å². The molecule has 2 aromatic heterocycles. The van der Waals surface area contributed by atoms with Gasteiger partial charge < -0.3 is 4.74 Å². The molecular formula is C17H16N2O2S2. The second-order valence-corrected chi connectivity index (χ2v) is 7.25. The number of aromatic nitrogens is 2. The van der Waals surface area contributed by atoms with Crippen LogP contribution in [-0.4, -0.2) is 28.6 Å². The minimum Gasteiger partial charge on any atom is -0.497 e. The van der Waals surface area contributed by atoms with E-state index in [1.807, 2.05) is 0 Å². The van der Waals surface area contributed by atoms with Gasteiger partial charge in [-0.1, -0.05) is 11.8 Å². The molecule has 0 aliphatic rings. The van der Waals surface area contributed by atoms with E-state index in [0.717, 1.165) is 21.0 Å². The molecule has 3 aromatic rings.